The molecule has 3 aliphatic rings. The molecule has 2 N–H and O–H groups in total. The summed E-state index contributed by atoms with van der Waals surface area (Å²) in [7, 11) is 0. The van der Waals surface area contributed by atoms with Gasteiger partial charge >= 0.3 is 0 Å². The van der Waals surface area contributed by atoms with Crippen molar-refractivity contribution in [3.05, 3.63) is 0 Å². The molecule has 16 heavy (non-hydrogen) atoms. The Kier molecular flexibility index (Phi) is 2.38. The average Bonchev–Trinajstić information content (AvgIpc) is 2.85. The van der Waals surface area contributed by atoms with Crippen LogP contribution in [0.15, 0.2) is 0 Å². The third-order valence-electron chi connectivity index (χ3n) is 6.33. The van der Waals surface area contributed by atoms with Gasteiger partial charge in [0, 0.05) is 12.6 Å². The van der Waals surface area contributed by atoms with Gasteiger partial charge in [0.2, 0.25) is 0 Å². The van der Waals surface area contributed by atoms with Crippen LogP contribution in [0.4, 0.5) is 0 Å². The number of nitrogens with zero attached hydrogens (tertiary/aromatic N) is 1. The first kappa shape index (κ1) is 11.0. The van der Waals surface area contributed by atoms with E-state index in [4.69, 9.17) is 5.73 Å². The summed E-state index contributed by atoms with van der Waals surface area (Å²) < 4.78 is 0. The van der Waals surface area contributed by atoms with Gasteiger partial charge in [-0.1, -0.05) is 13.8 Å². The third kappa shape index (κ3) is 1.26. The average molecular weight is 222 g/mol. The molecule has 1 saturated heterocycles. The number of fused-ring (bicyclic) bond motifs is 2. The van der Waals surface area contributed by atoms with Crippen molar-refractivity contribution in [3.63, 3.8) is 0 Å². The highest BCUT2D eigenvalue weighted by molar-refractivity contribution is 5.14. The molecule has 0 aromatic rings. The Morgan fingerprint density at radius 1 is 1.25 bits per heavy atom. The maximum Gasteiger partial charge on any atom is 0.0102 e. The van der Waals surface area contributed by atoms with E-state index in [9.17, 15) is 0 Å². The van der Waals surface area contributed by atoms with Crippen LogP contribution in [0.25, 0.3) is 0 Å². The molecule has 2 saturated carbocycles. The zero-order valence-corrected chi connectivity index (χ0v) is 10.8. The lowest BCUT2D eigenvalue weighted by Crippen LogP contribution is -2.47. The van der Waals surface area contributed by atoms with E-state index in [1.54, 1.807) is 0 Å². The van der Waals surface area contributed by atoms with Crippen LogP contribution in [0.2, 0.25) is 0 Å². The van der Waals surface area contributed by atoms with E-state index in [0.717, 1.165) is 5.92 Å². The first-order chi connectivity index (χ1) is 7.56. The van der Waals surface area contributed by atoms with Gasteiger partial charge in [0.25, 0.3) is 0 Å². The van der Waals surface area contributed by atoms with Gasteiger partial charge in [0.1, 0.15) is 0 Å². The lowest BCUT2D eigenvalue weighted by molar-refractivity contribution is 0.0676. The van der Waals surface area contributed by atoms with Crippen molar-refractivity contribution in [3.8, 4) is 0 Å². The molecule has 92 valence electrons. The maximum absolute atomic E-state index is 6.39. The molecule has 0 spiro atoms. The van der Waals surface area contributed by atoms with Crippen LogP contribution in [-0.4, -0.2) is 30.6 Å². The Bertz CT molecular complexity index is 284. The van der Waals surface area contributed by atoms with Crippen molar-refractivity contribution in [2.45, 2.75) is 52.0 Å². The normalized spacial score (nSPS) is 52.7. The van der Waals surface area contributed by atoms with Gasteiger partial charge in [-0.05, 0) is 61.9 Å². The third-order valence-corrected chi connectivity index (χ3v) is 6.33. The minimum Gasteiger partial charge on any atom is -0.327 e. The van der Waals surface area contributed by atoms with Gasteiger partial charge in [-0.2, -0.15) is 0 Å². The van der Waals surface area contributed by atoms with E-state index in [1.165, 1.54) is 51.7 Å². The smallest absolute Gasteiger partial charge is 0.0102 e. The monoisotopic (exact) mass is 222 g/mol. The lowest BCUT2D eigenvalue weighted by atomic mass is 9.67. The number of nitrogens with two attached hydrogens (primary N) is 1. The van der Waals surface area contributed by atoms with Gasteiger partial charge < -0.3 is 10.6 Å². The SMILES string of the molecule is CC1(CN2CCCC2)C2CCC1(C)[C@H](N)C2. The van der Waals surface area contributed by atoms with Crippen LogP contribution < -0.4 is 5.73 Å². The Hall–Kier alpha value is -0.0800. The van der Waals surface area contributed by atoms with Gasteiger partial charge in [-0.3, -0.25) is 0 Å². The molecule has 2 nitrogen and oxygen atoms in total. The first-order valence-electron chi connectivity index (χ1n) is 7.04. The maximum atomic E-state index is 6.39. The largest absolute Gasteiger partial charge is 0.327 e. The van der Waals surface area contributed by atoms with Crippen LogP contribution in [0.1, 0.15) is 46.0 Å². The van der Waals surface area contributed by atoms with Crippen molar-refractivity contribution in [2.24, 2.45) is 22.5 Å². The van der Waals surface area contributed by atoms with Crippen molar-refractivity contribution < 1.29 is 0 Å². The molecular formula is C14H26N2. The number of hydrogen-bond acceptors (Lipinski definition) is 2. The molecule has 0 radical (unpaired) electrons. The molecule has 0 aromatic heterocycles. The molecule has 4 atom stereocenters. The Labute approximate surface area is 99.6 Å². The first-order valence-corrected chi connectivity index (χ1v) is 7.04. The fraction of sp³-hybridized carbons (Fsp3) is 1.00. The highest BCUT2D eigenvalue weighted by atomic mass is 15.2. The van der Waals surface area contributed by atoms with Crippen LogP contribution in [-0.2, 0) is 0 Å². The van der Waals surface area contributed by atoms with Crippen LogP contribution >= 0.6 is 0 Å². The molecule has 3 fully saturated rings. The van der Waals surface area contributed by atoms with Crippen LogP contribution in [0.5, 0.6) is 0 Å². The summed E-state index contributed by atoms with van der Waals surface area (Å²) in [5.41, 5.74) is 7.30. The van der Waals surface area contributed by atoms with E-state index in [0.29, 0.717) is 16.9 Å². The highest BCUT2D eigenvalue weighted by Gasteiger charge is 2.62. The number of likely N-dealkylation sites (tertiary alicyclic amines) is 1. The van der Waals surface area contributed by atoms with Gasteiger partial charge in [-0.25, -0.2) is 0 Å². The second-order valence-electron chi connectivity index (χ2n) is 6.90. The minimum absolute atomic E-state index is 0.417. The molecule has 3 rings (SSSR count). The van der Waals surface area contributed by atoms with Crippen molar-refractivity contribution in [2.75, 3.05) is 19.6 Å². The zero-order valence-electron chi connectivity index (χ0n) is 10.8. The van der Waals surface area contributed by atoms with Gasteiger partial charge in [0.05, 0.1) is 0 Å². The lowest BCUT2D eigenvalue weighted by Gasteiger charge is -2.42. The summed E-state index contributed by atoms with van der Waals surface area (Å²) >= 11 is 0. The Morgan fingerprint density at radius 2 is 1.94 bits per heavy atom. The van der Waals surface area contributed by atoms with E-state index < -0.39 is 0 Å². The predicted octanol–water partition coefficient (Wildman–Crippen LogP) is 2.24. The van der Waals surface area contributed by atoms with Gasteiger partial charge in [0.15, 0.2) is 0 Å². The molecule has 3 unspecified atom stereocenters. The molecule has 2 bridgehead atoms. The van der Waals surface area contributed by atoms with Crippen molar-refractivity contribution >= 4 is 0 Å². The summed E-state index contributed by atoms with van der Waals surface area (Å²) in [6, 6.07) is 0.457. The quantitative estimate of drug-likeness (QED) is 0.776. The molecular weight excluding hydrogens is 196 g/mol. The molecule has 2 heteroatoms. The molecule has 0 aromatic carbocycles. The summed E-state index contributed by atoms with van der Waals surface area (Å²) in [5, 5.41) is 0. The Balaban J connectivity index is 1.81. The predicted molar refractivity (Wildman–Crippen MR) is 67.2 cm³/mol. The van der Waals surface area contributed by atoms with Crippen LogP contribution in [0, 0.1) is 16.7 Å². The standard InChI is InChI=1S/C14H26N2/c1-13-6-5-11(9-12(13)15)14(13,2)10-16-7-3-4-8-16/h11-12H,3-10,15H2,1-2H3/t11?,12-,13?,14?/m1/s1. The minimum atomic E-state index is 0.417. The van der Waals surface area contributed by atoms with E-state index in [-0.39, 0.29) is 0 Å². The van der Waals surface area contributed by atoms with E-state index in [2.05, 4.69) is 18.7 Å². The highest BCUT2D eigenvalue weighted by Crippen LogP contribution is 2.65. The molecule has 1 aliphatic heterocycles. The zero-order chi connectivity index (χ0) is 11.4. The van der Waals surface area contributed by atoms with Crippen molar-refractivity contribution in [1.29, 1.82) is 0 Å². The summed E-state index contributed by atoms with van der Waals surface area (Å²) in [4.78, 5) is 2.69. The molecule has 0 amide bonds. The Morgan fingerprint density at radius 3 is 2.44 bits per heavy atom. The van der Waals surface area contributed by atoms with Crippen molar-refractivity contribution in [1.82, 2.24) is 4.90 Å². The van der Waals surface area contributed by atoms with Crippen LogP contribution in [0.3, 0.4) is 0 Å². The van der Waals surface area contributed by atoms with Gasteiger partial charge in [-0.15, -0.1) is 0 Å². The number of hydrogen-bond donors (Lipinski definition) is 1. The summed E-state index contributed by atoms with van der Waals surface area (Å²) in [5.74, 6) is 0.896. The fourth-order valence-electron chi connectivity index (χ4n) is 4.81. The van der Waals surface area contributed by atoms with E-state index >= 15 is 0 Å². The fourth-order valence-corrected chi connectivity index (χ4v) is 4.81. The summed E-state index contributed by atoms with van der Waals surface area (Å²) in [6.07, 6.45) is 6.88. The second kappa shape index (κ2) is 3.46. The number of rotatable bonds is 2. The van der Waals surface area contributed by atoms with E-state index in [1.807, 2.05) is 0 Å². The topological polar surface area (TPSA) is 29.3 Å². The molecule has 2 aliphatic carbocycles. The second-order valence-corrected chi connectivity index (χ2v) is 6.90. The summed E-state index contributed by atoms with van der Waals surface area (Å²) in [6.45, 7) is 8.94. The molecule has 1 heterocycles.